The molecule has 1 fully saturated rings. The van der Waals surface area contributed by atoms with Gasteiger partial charge in [0.15, 0.2) is 11.5 Å². The fraction of sp³-hybridized carbons (Fsp3) is 0.455. The lowest BCUT2D eigenvalue weighted by molar-refractivity contribution is 0.243. The average molecular weight is 605 g/mol. The molecule has 0 saturated carbocycles. The van der Waals surface area contributed by atoms with Crippen LogP contribution in [0, 0.1) is 6.92 Å². The van der Waals surface area contributed by atoms with Crippen LogP contribution in [-0.2, 0) is 27.2 Å². The van der Waals surface area contributed by atoms with Gasteiger partial charge in [-0.25, -0.2) is 0 Å². The number of aromatic nitrogens is 4. The molecule has 236 valence electrons. The summed E-state index contributed by atoms with van der Waals surface area (Å²) in [5.74, 6) is 3.43. The smallest absolute Gasteiger partial charge is 0.203 e. The Morgan fingerprint density at radius 1 is 0.568 bits per heavy atom. The molecule has 0 amide bonds. The predicted octanol–water partition coefficient (Wildman–Crippen LogP) is 4.55. The molecular formula is C33H44N6O5. The van der Waals surface area contributed by atoms with Gasteiger partial charge < -0.3 is 23.7 Å². The molecule has 11 nitrogen and oxygen atoms in total. The fourth-order valence-corrected chi connectivity index (χ4v) is 6.01. The highest BCUT2D eigenvalue weighted by molar-refractivity contribution is 5.69. The van der Waals surface area contributed by atoms with E-state index < -0.39 is 0 Å². The van der Waals surface area contributed by atoms with Crippen LogP contribution in [0.3, 0.4) is 0 Å². The van der Waals surface area contributed by atoms with Crippen LogP contribution in [0.2, 0.25) is 0 Å². The normalized spacial score (nSPS) is 14.4. The molecule has 0 bridgehead atoms. The quantitative estimate of drug-likeness (QED) is 0.245. The van der Waals surface area contributed by atoms with E-state index in [0.717, 1.165) is 96.7 Å². The van der Waals surface area contributed by atoms with Crippen LogP contribution >= 0.6 is 0 Å². The Kier molecular flexibility index (Phi) is 9.65. The van der Waals surface area contributed by atoms with Crippen molar-refractivity contribution in [1.82, 2.24) is 29.4 Å². The number of benzene rings is 2. The highest BCUT2D eigenvalue weighted by Gasteiger charge is 2.21. The van der Waals surface area contributed by atoms with E-state index in [1.165, 1.54) is 0 Å². The first-order chi connectivity index (χ1) is 21.3. The molecule has 0 spiro atoms. The van der Waals surface area contributed by atoms with Crippen LogP contribution in [0.5, 0.6) is 28.7 Å². The molecule has 0 aliphatic carbocycles. The molecule has 4 aromatic rings. The van der Waals surface area contributed by atoms with Crippen molar-refractivity contribution in [3.05, 3.63) is 53.3 Å². The van der Waals surface area contributed by atoms with Gasteiger partial charge in [-0.1, -0.05) is 0 Å². The van der Waals surface area contributed by atoms with Gasteiger partial charge in [0, 0.05) is 57.0 Å². The van der Waals surface area contributed by atoms with Crippen molar-refractivity contribution in [1.29, 1.82) is 0 Å². The fourth-order valence-electron chi connectivity index (χ4n) is 6.01. The summed E-state index contributed by atoms with van der Waals surface area (Å²) >= 11 is 0. The maximum atomic E-state index is 5.60. The minimum atomic E-state index is 0.577. The van der Waals surface area contributed by atoms with Gasteiger partial charge >= 0.3 is 0 Å². The van der Waals surface area contributed by atoms with Gasteiger partial charge in [0.2, 0.25) is 5.75 Å². The molecular weight excluding hydrogens is 560 g/mol. The lowest BCUT2D eigenvalue weighted by Crippen LogP contribution is -2.30. The Bertz CT molecular complexity index is 1550. The number of nitrogens with zero attached hydrogens (tertiary/aromatic N) is 6. The van der Waals surface area contributed by atoms with Crippen LogP contribution in [0.1, 0.15) is 23.4 Å². The third kappa shape index (κ3) is 6.48. The summed E-state index contributed by atoms with van der Waals surface area (Å²) in [6, 6.07) is 12.3. The van der Waals surface area contributed by atoms with E-state index >= 15 is 0 Å². The van der Waals surface area contributed by atoms with E-state index in [2.05, 4.69) is 21.9 Å². The highest BCUT2D eigenvalue weighted by atomic mass is 16.5. The molecule has 1 saturated heterocycles. The van der Waals surface area contributed by atoms with E-state index in [-0.39, 0.29) is 0 Å². The molecule has 11 heteroatoms. The topological polar surface area (TPSA) is 88.3 Å². The van der Waals surface area contributed by atoms with E-state index in [1.54, 1.807) is 35.5 Å². The van der Waals surface area contributed by atoms with E-state index in [4.69, 9.17) is 33.9 Å². The summed E-state index contributed by atoms with van der Waals surface area (Å²) in [4.78, 5) is 4.97. The van der Waals surface area contributed by atoms with Crippen molar-refractivity contribution < 1.29 is 23.7 Å². The highest BCUT2D eigenvalue weighted by Crippen LogP contribution is 2.41. The molecule has 1 aliphatic rings. The Labute approximate surface area is 259 Å². The number of aryl methyl sites for hydroxylation is 2. The SMILES string of the molecule is COc1cc(-c2cc(CN3CCCN(Cc4cc(-c5cc(OC)c(OC)c(OC)c5)n(C)n4)CC3)nn2C)cc(OC)c1C. The van der Waals surface area contributed by atoms with Crippen LogP contribution in [0.25, 0.3) is 22.5 Å². The van der Waals surface area contributed by atoms with E-state index in [9.17, 15) is 0 Å². The van der Waals surface area contributed by atoms with Gasteiger partial charge in [0.05, 0.1) is 58.3 Å². The molecule has 44 heavy (non-hydrogen) atoms. The van der Waals surface area contributed by atoms with Crippen LogP contribution < -0.4 is 23.7 Å². The van der Waals surface area contributed by atoms with Crippen molar-refractivity contribution in [2.24, 2.45) is 14.1 Å². The molecule has 1 aliphatic heterocycles. The van der Waals surface area contributed by atoms with Crippen molar-refractivity contribution in [3.8, 4) is 51.3 Å². The third-order valence-corrected chi connectivity index (χ3v) is 8.32. The molecule has 0 N–H and O–H groups in total. The zero-order valence-corrected chi connectivity index (χ0v) is 27.1. The zero-order chi connectivity index (χ0) is 31.4. The summed E-state index contributed by atoms with van der Waals surface area (Å²) in [5.41, 5.74) is 7.07. The lowest BCUT2D eigenvalue weighted by atomic mass is 10.1. The molecule has 0 unspecified atom stereocenters. The lowest BCUT2D eigenvalue weighted by Gasteiger charge is -2.20. The van der Waals surface area contributed by atoms with Crippen molar-refractivity contribution in [2.45, 2.75) is 26.4 Å². The predicted molar refractivity (Wildman–Crippen MR) is 170 cm³/mol. The first-order valence-corrected chi connectivity index (χ1v) is 14.8. The Morgan fingerprint density at radius 3 is 1.36 bits per heavy atom. The van der Waals surface area contributed by atoms with Gasteiger partial charge in [0.1, 0.15) is 11.5 Å². The van der Waals surface area contributed by atoms with Gasteiger partial charge in [-0.05, 0) is 62.8 Å². The Hall–Kier alpha value is -4.22. The summed E-state index contributed by atoms with van der Waals surface area (Å²) in [6.45, 7) is 7.55. The van der Waals surface area contributed by atoms with Crippen LogP contribution in [0.15, 0.2) is 36.4 Å². The second kappa shape index (κ2) is 13.6. The summed E-state index contributed by atoms with van der Waals surface area (Å²) in [5, 5.41) is 9.69. The second-order valence-corrected chi connectivity index (χ2v) is 11.1. The summed E-state index contributed by atoms with van der Waals surface area (Å²) < 4.78 is 31.7. The van der Waals surface area contributed by atoms with E-state index in [0.29, 0.717) is 17.2 Å². The molecule has 0 atom stereocenters. The maximum Gasteiger partial charge on any atom is 0.203 e. The van der Waals surface area contributed by atoms with E-state index in [1.807, 2.05) is 54.6 Å². The number of methoxy groups -OCH3 is 5. The molecule has 2 aromatic carbocycles. The Morgan fingerprint density at radius 2 is 0.977 bits per heavy atom. The minimum Gasteiger partial charge on any atom is -0.496 e. The number of rotatable bonds is 11. The molecule has 2 aromatic heterocycles. The van der Waals surface area contributed by atoms with Crippen LogP contribution in [-0.4, -0.2) is 91.1 Å². The maximum absolute atomic E-state index is 5.60. The molecule has 5 rings (SSSR count). The number of hydrogen-bond acceptors (Lipinski definition) is 9. The van der Waals surface area contributed by atoms with Crippen LogP contribution in [0.4, 0.5) is 0 Å². The summed E-state index contributed by atoms with van der Waals surface area (Å²) in [7, 11) is 12.2. The number of ether oxygens (including phenoxy) is 5. The minimum absolute atomic E-state index is 0.577. The standard InChI is InChI=1S/C33H44N6O5/c1-22-29(40-4)14-23(15-30(22)41-5)27-18-25(34-36(27)2)20-38-10-9-11-39(13-12-38)21-26-19-28(37(3)35-26)24-16-31(42-6)33(44-8)32(17-24)43-7/h14-19H,9-13,20-21H2,1-8H3. The summed E-state index contributed by atoms with van der Waals surface area (Å²) in [6.07, 6.45) is 1.08. The van der Waals surface area contributed by atoms with Gasteiger partial charge in [-0.2, -0.15) is 10.2 Å². The molecule has 3 heterocycles. The largest absolute Gasteiger partial charge is 0.496 e. The number of hydrogen-bond donors (Lipinski definition) is 0. The average Bonchev–Trinajstić information content (AvgIpc) is 3.50. The first kappa shape index (κ1) is 31.2. The first-order valence-electron chi connectivity index (χ1n) is 14.8. The zero-order valence-electron chi connectivity index (χ0n) is 27.1. The second-order valence-electron chi connectivity index (χ2n) is 11.1. The molecule has 0 radical (unpaired) electrons. The monoisotopic (exact) mass is 604 g/mol. The van der Waals surface area contributed by atoms with Gasteiger partial charge in [0.25, 0.3) is 0 Å². The van der Waals surface area contributed by atoms with Gasteiger partial charge in [-0.3, -0.25) is 19.2 Å². The van der Waals surface area contributed by atoms with Crippen molar-refractivity contribution in [2.75, 3.05) is 61.7 Å². The van der Waals surface area contributed by atoms with Crippen molar-refractivity contribution >= 4 is 0 Å². The Balaban J connectivity index is 1.24. The third-order valence-electron chi connectivity index (χ3n) is 8.32. The van der Waals surface area contributed by atoms with Crippen molar-refractivity contribution in [3.63, 3.8) is 0 Å². The van der Waals surface area contributed by atoms with Gasteiger partial charge in [-0.15, -0.1) is 0 Å².